The van der Waals surface area contributed by atoms with E-state index in [4.69, 9.17) is 21.1 Å². The number of carbonyl (C=O) groups is 4. The van der Waals surface area contributed by atoms with Gasteiger partial charge in [0.25, 0.3) is 5.24 Å². The minimum absolute atomic E-state index is 0. The third-order valence-electron chi connectivity index (χ3n) is 2.87. The van der Waals surface area contributed by atoms with Crippen molar-refractivity contribution in [1.29, 1.82) is 0 Å². The van der Waals surface area contributed by atoms with Crippen LogP contribution in [0.15, 0.2) is 59.3 Å². The molecule has 2 aromatic rings. The van der Waals surface area contributed by atoms with E-state index in [-0.39, 0.29) is 31.9 Å². The molecule has 0 unspecified atom stereocenters. The smallest absolute Gasteiger partial charge is 0.348 e. The maximum Gasteiger partial charge on any atom is 0.348 e. The fraction of sp³-hybridized carbons (Fsp3) is 0.273. The second-order valence-corrected chi connectivity index (χ2v) is 7.79. The molecule has 32 heavy (non-hydrogen) atoms. The molecule has 0 spiro atoms. The normalized spacial score (nSPS) is 8.75. The molecule has 176 valence electrons. The second kappa shape index (κ2) is 17.9. The van der Waals surface area contributed by atoms with E-state index >= 15 is 0 Å². The molecule has 0 fully saturated rings. The van der Waals surface area contributed by atoms with Crippen LogP contribution in [0.25, 0.3) is 0 Å². The van der Waals surface area contributed by atoms with Crippen LogP contribution in [0, 0.1) is 0 Å². The third-order valence-corrected chi connectivity index (χ3v) is 4.90. The van der Waals surface area contributed by atoms with E-state index in [1.807, 2.05) is 5.38 Å². The Bertz CT molecular complexity index is 872. The van der Waals surface area contributed by atoms with Crippen molar-refractivity contribution in [3.05, 3.63) is 69.1 Å². The van der Waals surface area contributed by atoms with Gasteiger partial charge >= 0.3 is 17.9 Å². The monoisotopic (exact) mass is 502 g/mol. The summed E-state index contributed by atoms with van der Waals surface area (Å²) in [6, 6.07) is 6.93. The zero-order valence-corrected chi connectivity index (χ0v) is 19.7. The van der Waals surface area contributed by atoms with E-state index in [0.29, 0.717) is 20.9 Å². The fourth-order valence-corrected chi connectivity index (χ4v) is 2.79. The topological polar surface area (TPSA) is 96.0 Å². The highest BCUT2D eigenvalue weighted by Gasteiger charge is 2.08. The SMILES string of the molecule is C.C=C(C)C(=O)OC.C=C(C)C(=O)OCCOC(=O)c1cccs1.O=C(Cl)c1cccs1. The van der Waals surface area contributed by atoms with Crippen molar-refractivity contribution >= 4 is 57.4 Å². The maximum absolute atomic E-state index is 11.3. The molecule has 0 atom stereocenters. The highest BCUT2D eigenvalue weighted by Crippen LogP contribution is 2.10. The molecule has 7 nitrogen and oxygen atoms in total. The minimum atomic E-state index is -0.479. The van der Waals surface area contributed by atoms with Gasteiger partial charge in [-0.25, -0.2) is 14.4 Å². The number of ether oxygens (including phenoxy) is 3. The van der Waals surface area contributed by atoms with Crippen molar-refractivity contribution in [2.24, 2.45) is 0 Å². The third kappa shape index (κ3) is 14.3. The van der Waals surface area contributed by atoms with E-state index in [1.54, 1.807) is 43.5 Å². The van der Waals surface area contributed by atoms with Crippen molar-refractivity contribution in [3.63, 3.8) is 0 Å². The molecule has 0 bridgehead atoms. The number of carbonyl (C=O) groups excluding carboxylic acids is 4. The number of hydrogen-bond acceptors (Lipinski definition) is 9. The average molecular weight is 503 g/mol. The number of thiophene rings is 2. The molecule has 0 amide bonds. The first-order valence-corrected chi connectivity index (χ1v) is 10.7. The minimum Gasteiger partial charge on any atom is -0.466 e. The van der Waals surface area contributed by atoms with Crippen LogP contribution in [-0.2, 0) is 23.8 Å². The summed E-state index contributed by atoms with van der Waals surface area (Å²) in [6.45, 7) is 10.0. The van der Waals surface area contributed by atoms with Gasteiger partial charge in [0, 0.05) is 11.1 Å². The van der Waals surface area contributed by atoms with Gasteiger partial charge in [0.2, 0.25) is 0 Å². The van der Waals surface area contributed by atoms with Crippen LogP contribution in [0.3, 0.4) is 0 Å². The largest absolute Gasteiger partial charge is 0.466 e. The van der Waals surface area contributed by atoms with Gasteiger partial charge in [-0.1, -0.05) is 32.7 Å². The summed E-state index contributed by atoms with van der Waals surface area (Å²) in [6.07, 6.45) is 0. The molecule has 0 saturated carbocycles. The maximum atomic E-state index is 11.3. The van der Waals surface area contributed by atoms with Crippen LogP contribution >= 0.6 is 34.3 Å². The summed E-state index contributed by atoms with van der Waals surface area (Å²) in [5.74, 6) is -1.23. The van der Waals surface area contributed by atoms with Crippen LogP contribution in [-0.4, -0.2) is 43.5 Å². The van der Waals surface area contributed by atoms with Gasteiger partial charge in [-0.05, 0) is 48.3 Å². The Morgan fingerprint density at radius 1 is 0.875 bits per heavy atom. The first-order valence-electron chi connectivity index (χ1n) is 8.60. The quantitative estimate of drug-likeness (QED) is 0.161. The molecule has 10 heteroatoms. The Kier molecular flexibility index (Phi) is 17.6. The predicted molar refractivity (Wildman–Crippen MR) is 128 cm³/mol. The van der Waals surface area contributed by atoms with Gasteiger partial charge in [-0.15, -0.1) is 22.7 Å². The number of rotatable bonds is 7. The Balaban J connectivity index is 0. The fourth-order valence-electron chi connectivity index (χ4n) is 1.42. The van der Waals surface area contributed by atoms with Gasteiger partial charge in [0.15, 0.2) is 0 Å². The number of halogens is 1. The van der Waals surface area contributed by atoms with Gasteiger partial charge in [0.1, 0.15) is 18.1 Å². The molecule has 0 aromatic carbocycles. The van der Waals surface area contributed by atoms with Crippen molar-refractivity contribution < 1.29 is 33.4 Å². The van der Waals surface area contributed by atoms with Crippen molar-refractivity contribution in [2.45, 2.75) is 21.3 Å². The first-order chi connectivity index (χ1) is 14.6. The summed E-state index contributed by atoms with van der Waals surface area (Å²) in [7, 11) is 1.33. The van der Waals surface area contributed by atoms with Gasteiger partial charge in [-0.2, -0.15) is 0 Å². The highest BCUT2D eigenvalue weighted by atomic mass is 35.5. The lowest BCUT2D eigenvalue weighted by Crippen LogP contribution is -2.13. The van der Waals surface area contributed by atoms with Crippen molar-refractivity contribution in [2.75, 3.05) is 20.3 Å². The Morgan fingerprint density at radius 3 is 1.66 bits per heavy atom. The van der Waals surface area contributed by atoms with Crippen LogP contribution in [0.4, 0.5) is 0 Å². The summed E-state index contributed by atoms with van der Waals surface area (Å²) in [4.78, 5) is 43.9. The van der Waals surface area contributed by atoms with E-state index in [9.17, 15) is 19.2 Å². The first kappa shape index (κ1) is 31.4. The zero-order chi connectivity index (χ0) is 23.8. The van der Waals surface area contributed by atoms with Crippen molar-refractivity contribution in [3.8, 4) is 0 Å². The molecule has 2 rings (SSSR count). The molecule has 0 radical (unpaired) electrons. The summed E-state index contributed by atoms with van der Waals surface area (Å²) >= 11 is 7.77. The standard InChI is InChI=1S/C11H12O4S.C5H3ClOS.C5H8O2.CH4/c1-8(2)10(12)14-5-6-15-11(13)9-4-3-7-16-9;6-5(7)4-2-1-3-8-4;1-4(2)5(6)7-3;/h3-4,7H,1,5-6H2,2H3;1-3H;1H2,2-3H3;1H4. The van der Waals surface area contributed by atoms with E-state index < -0.39 is 11.9 Å². The lowest BCUT2D eigenvalue weighted by Gasteiger charge is -2.04. The molecule has 2 aromatic heterocycles. The lowest BCUT2D eigenvalue weighted by atomic mass is 10.4. The highest BCUT2D eigenvalue weighted by molar-refractivity contribution is 7.14. The molecular formula is C22H27ClO7S2. The predicted octanol–water partition coefficient (Wildman–Crippen LogP) is 5.52. The average Bonchev–Trinajstić information content (AvgIpc) is 3.45. The lowest BCUT2D eigenvalue weighted by molar-refractivity contribution is -0.140. The van der Waals surface area contributed by atoms with Gasteiger partial charge in [0.05, 0.1) is 12.0 Å². The molecule has 0 aliphatic rings. The van der Waals surface area contributed by atoms with Crippen LogP contribution < -0.4 is 0 Å². The zero-order valence-electron chi connectivity index (χ0n) is 17.3. The van der Waals surface area contributed by atoms with E-state index in [0.717, 1.165) is 0 Å². The Labute approximate surface area is 201 Å². The molecular weight excluding hydrogens is 476 g/mol. The van der Waals surface area contributed by atoms with Gasteiger partial charge in [-0.3, -0.25) is 4.79 Å². The van der Waals surface area contributed by atoms with Crippen LogP contribution in [0.1, 0.15) is 40.6 Å². The van der Waals surface area contributed by atoms with Crippen LogP contribution in [0.2, 0.25) is 0 Å². The Hall–Kier alpha value is -2.75. The van der Waals surface area contributed by atoms with E-state index in [2.05, 4.69) is 17.9 Å². The molecule has 2 heterocycles. The summed E-state index contributed by atoms with van der Waals surface area (Å²) in [5.41, 5.74) is 0.757. The van der Waals surface area contributed by atoms with E-state index in [1.165, 1.54) is 29.8 Å². The molecule has 0 N–H and O–H groups in total. The molecule has 0 aliphatic carbocycles. The molecule has 0 aliphatic heterocycles. The second-order valence-electron chi connectivity index (χ2n) is 5.55. The van der Waals surface area contributed by atoms with Crippen LogP contribution in [0.5, 0.6) is 0 Å². The summed E-state index contributed by atoms with van der Waals surface area (Å²) in [5, 5.41) is 3.23. The van der Waals surface area contributed by atoms with Crippen molar-refractivity contribution in [1.82, 2.24) is 0 Å². The number of esters is 3. The van der Waals surface area contributed by atoms with Gasteiger partial charge < -0.3 is 14.2 Å². The molecule has 0 saturated heterocycles. The Morgan fingerprint density at radius 2 is 1.34 bits per heavy atom. The number of hydrogen-bond donors (Lipinski definition) is 0. The summed E-state index contributed by atoms with van der Waals surface area (Å²) < 4.78 is 13.9. The number of methoxy groups -OCH3 is 1.